The van der Waals surface area contributed by atoms with Crippen molar-refractivity contribution < 1.29 is 4.79 Å². The number of benzene rings is 1. The zero-order chi connectivity index (χ0) is 11.8. The van der Waals surface area contributed by atoms with Gasteiger partial charge in [0.1, 0.15) is 5.78 Å². The van der Waals surface area contributed by atoms with E-state index in [-0.39, 0.29) is 0 Å². The van der Waals surface area contributed by atoms with E-state index in [0.717, 1.165) is 4.47 Å². The monoisotopic (exact) mass is 310 g/mol. The van der Waals surface area contributed by atoms with Crippen LogP contribution in [0.2, 0.25) is 10.0 Å². The van der Waals surface area contributed by atoms with Gasteiger partial charge in [0.25, 0.3) is 0 Å². The molecule has 0 bridgehead atoms. The summed E-state index contributed by atoms with van der Waals surface area (Å²) >= 11 is 14.5. The predicted molar refractivity (Wildman–Crippen MR) is 69.8 cm³/mol. The Bertz CT molecular complexity index is 320. The maximum absolute atomic E-state index is 10.2. The summed E-state index contributed by atoms with van der Waals surface area (Å²) < 4.78 is 0.942. The molecule has 0 amide bonds. The van der Waals surface area contributed by atoms with Gasteiger partial charge in [0.2, 0.25) is 0 Å². The second-order valence-electron chi connectivity index (χ2n) is 2.80. The molecule has 84 valence electrons. The lowest BCUT2D eigenvalue weighted by molar-refractivity contribution is -0.118. The van der Waals surface area contributed by atoms with Crippen LogP contribution in [0, 0.1) is 0 Å². The summed E-state index contributed by atoms with van der Waals surface area (Å²) in [4.78, 5) is 10.2. The van der Waals surface area contributed by atoms with Crippen LogP contribution in [0.3, 0.4) is 0 Å². The molecule has 0 aliphatic heterocycles. The van der Waals surface area contributed by atoms with Crippen LogP contribution in [0.1, 0.15) is 26.7 Å². The first-order valence-electron chi connectivity index (χ1n) is 4.63. The number of rotatable bonds is 2. The van der Waals surface area contributed by atoms with E-state index in [0.29, 0.717) is 28.7 Å². The average Bonchev–Trinajstić information content (AvgIpc) is 2.23. The molecule has 0 aliphatic carbocycles. The quantitative estimate of drug-likeness (QED) is 0.692. The summed E-state index contributed by atoms with van der Waals surface area (Å²) in [6.45, 7) is 3.76. The summed E-state index contributed by atoms with van der Waals surface area (Å²) in [5.74, 6) is 0.343. The van der Waals surface area contributed by atoms with Crippen LogP contribution in [-0.2, 0) is 4.79 Å². The van der Waals surface area contributed by atoms with Crippen LogP contribution in [0.15, 0.2) is 22.7 Å². The second kappa shape index (κ2) is 8.14. The van der Waals surface area contributed by atoms with Crippen molar-refractivity contribution in [1.29, 1.82) is 0 Å². The molecule has 0 aliphatic rings. The summed E-state index contributed by atoms with van der Waals surface area (Å²) in [6.07, 6.45) is 1.38. The van der Waals surface area contributed by atoms with Gasteiger partial charge in [-0.15, -0.1) is 0 Å². The van der Waals surface area contributed by atoms with Gasteiger partial charge in [0, 0.05) is 17.3 Å². The van der Waals surface area contributed by atoms with Gasteiger partial charge in [-0.1, -0.05) is 53.0 Å². The van der Waals surface area contributed by atoms with Crippen molar-refractivity contribution >= 4 is 44.9 Å². The van der Waals surface area contributed by atoms with Crippen molar-refractivity contribution in [2.75, 3.05) is 0 Å². The van der Waals surface area contributed by atoms with Crippen molar-refractivity contribution in [3.8, 4) is 0 Å². The highest BCUT2D eigenvalue weighted by Crippen LogP contribution is 2.24. The molecule has 1 aromatic carbocycles. The van der Waals surface area contributed by atoms with Crippen molar-refractivity contribution in [2.24, 2.45) is 0 Å². The second-order valence-corrected chi connectivity index (χ2v) is 4.53. The van der Waals surface area contributed by atoms with E-state index in [9.17, 15) is 4.79 Å². The lowest BCUT2D eigenvalue weighted by Crippen LogP contribution is -1.88. The summed E-state index contributed by atoms with van der Waals surface area (Å²) in [5.41, 5.74) is 0. The molecule has 1 rings (SSSR count). The third kappa shape index (κ3) is 6.93. The largest absolute Gasteiger partial charge is 0.300 e. The van der Waals surface area contributed by atoms with E-state index in [4.69, 9.17) is 23.2 Å². The normalized spacial score (nSPS) is 9.13. The Balaban J connectivity index is 0.000000288. The molecule has 0 heterocycles. The van der Waals surface area contributed by atoms with Crippen LogP contribution in [0.4, 0.5) is 0 Å². The molecule has 0 N–H and O–H groups in total. The number of carbonyl (C=O) groups is 1. The summed E-state index contributed by atoms with van der Waals surface area (Å²) in [6, 6.07) is 5.34. The van der Waals surface area contributed by atoms with Crippen LogP contribution in [0.25, 0.3) is 0 Å². The van der Waals surface area contributed by atoms with Crippen LogP contribution in [-0.4, -0.2) is 5.78 Å². The van der Waals surface area contributed by atoms with Crippen molar-refractivity contribution in [3.63, 3.8) is 0 Å². The van der Waals surface area contributed by atoms with Gasteiger partial charge in [-0.3, -0.25) is 4.79 Å². The molecular formula is C11H13BrCl2O. The van der Waals surface area contributed by atoms with Gasteiger partial charge in [0.15, 0.2) is 0 Å². The molecule has 0 spiro atoms. The zero-order valence-corrected chi connectivity index (χ0v) is 11.8. The summed E-state index contributed by atoms with van der Waals surface area (Å²) in [7, 11) is 0. The Labute approximate surface area is 109 Å². The van der Waals surface area contributed by atoms with Crippen LogP contribution < -0.4 is 0 Å². The fourth-order valence-electron chi connectivity index (χ4n) is 0.720. The number of ketones is 1. The Kier molecular flexibility index (Phi) is 8.12. The number of carbonyl (C=O) groups excluding carboxylic acids is 1. The SMILES string of the molecule is CCC(=O)CC.Clc1ccc(Br)cc1Cl. The molecule has 0 saturated heterocycles. The molecule has 1 aromatic rings. The van der Waals surface area contributed by atoms with Gasteiger partial charge in [-0.25, -0.2) is 0 Å². The van der Waals surface area contributed by atoms with E-state index in [1.165, 1.54) is 0 Å². The third-order valence-corrected chi connectivity index (χ3v) is 2.90. The Morgan fingerprint density at radius 1 is 1.20 bits per heavy atom. The average molecular weight is 312 g/mol. The molecule has 1 nitrogen and oxygen atoms in total. The summed E-state index contributed by atoms with van der Waals surface area (Å²) in [5, 5.41) is 1.16. The van der Waals surface area contributed by atoms with Gasteiger partial charge in [0.05, 0.1) is 10.0 Å². The standard InChI is InChI=1S/C6H3BrCl2.C5H10O/c7-4-1-2-5(8)6(9)3-4;1-3-5(6)4-2/h1-3H;3-4H2,1-2H3. The molecule has 15 heavy (non-hydrogen) atoms. The van der Waals surface area contributed by atoms with Crippen LogP contribution in [0.5, 0.6) is 0 Å². The fraction of sp³-hybridized carbons (Fsp3) is 0.364. The molecule has 0 saturated carbocycles. The van der Waals surface area contributed by atoms with Gasteiger partial charge >= 0.3 is 0 Å². The molecular weight excluding hydrogens is 299 g/mol. The number of halogens is 3. The van der Waals surface area contributed by atoms with Crippen molar-refractivity contribution in [1.82, 2.24) is 0 Å². The first-order valence-corrected chi connectivity index (χ1v) is 6.18. The van der Waals surface area contributed by atoms with E-state index in [1.54, 1.807) is 12.1 Å². The number of hydrogen-bond acceptors (Lipinski definition) is 1. The number of Topliss-reactive ketones (excluding diaryl/α,β-unsaturated/α-hetero) is 1. The minimum atomic E-state index is 0.343. The minimum absolute atomic E-state index is 0.343. The van der Waals surface area contributed by atoms with Crippen molar-refractivity contribution in [2.45, 2.75) is 26.7 Å². The van der Waals surface area contributed by atoms with Gasteiger partial charge in [-0.2, -0.15) is 0 Å². The minimum Gasteiger partial charge on any atom is -0.300 e. The first kappa shape index (κ1) is 14.9. The smallest absolute Gasteiger partial charge is 0.132 e. The maximum Gasteiger partial charge on any atom is 0.132 e. The highest BCUT2D eigenvalue weighted by molar-refractivity contribution is 9.10. The topological polar surface area (TPSA) is 17.1 Å². The molecule has 0 fully saturated rings. The van der Waals surface area contributed by atoms with E-state index in [1.807, 2.05) is 19.9 Å². The Morgan fingerprint density at radius 2 is 1.73 bits per heavy atom. The first-order chi connectivity index (χ1) is 7.01. The lowest BCUT2D eigenvalue weighted by Gasteiger charge is -1.93. The molecule has 4 heteroatoms. The fourth-order valence-corrected chi connectivity index (χ4v) is 1.51. The van der Waals surface area contributed by atoms with E-state index < -0.39 is 0 Å². The maximum atomic E-state index is 10.2. The van der Waals surface area contributed by atoms with E-state index >= 15 is 0 Å². The molecule has 0 unspecified atom stereocenters. The molecule has 0 radical (unpaired) electrons. The highest BCUT2D eigenvalue weighted by Gasteiger charge is 1.94. The molecule has 0 atom stereocenters. The van der Waals surface area contributed by atoms with Gasteiger partial charge in [-0.05, 0) is 18.2 Å². The predicted octanol–water partition coefficient (Wildman–Crippen LogP) is 5.13. The third-order valence-electron chi connectivity index (χ3n) is 1.67. The Hall–Kier alpha value is -0.0500. The molecule has 0 aromatic heterocycles. The van der Waals surface area contributed by atoms with Crippen molar-refractivity contribution in [3.05, 3.63) is 32.7 Å². The van der Waals surface area contributed by atoms with Crippen LogP contribution >= 0.6 is 39.1 Å². The van der Waals surface area contributed by atoms with E-state index in [2.05, 4.69) is 15.9 Å². The highest BCUT2D eigenvalue weighted by atomic mass is 79.9. The number of hydrogen-bond donors (Lipinski definition) is 0. The van der Waals surface area contributed by atoms with Gasteiger partial charge < -0.3 is 0 Å². The lowest BCUT2D eigenvalue weighted by atomic mass is 10.3. The Morgan fingerprint density at radius 3 is 2.00 bits per heavy atom. The zero-order valence-electron chi connectivity index (χ0n) is 8.69.